The van der Waals surface area contributed by atoms with Crippen LogP contribution >= 0.6 is 0 Å². The van der Waals surface area contributed by atoms with Gasteiger partial charge in [0.05, 0.1) is 0 Å². The first kappa shape index (κ1) is 14.3. The quantitative estimate of drug-likeness (QED) is 0.913. The Hall–Kier alpha value is -2.08. The molecular formula is C17H20N2O. The molecule has 3 heteroatoms. The molecule has 0 spiro atoms. The predicted octanol–water partition coefficient (Wildman–Crippen LogP) is 2.99. The summed E-state index contributed by atoms with van der Waals surface area (Å²) in [5.74, 6) is -0.0361. The van der Waals surface area contributed by atoms with Crippen LogP contribution in [-0.4, -0.2) is 12.3 Å². The van der Waals surface area contributed by atoms with Gasteiger partial charge in [0.2, 0.25) is 0 Å². The molecule has 0 saturated carbocycles. The van der Waals surface area contributed by atoms with Gasteiger partial charge < -0.3 is 5.32 Å². The number of benzene rings is 1. The maximum Gasteiger partial charge on any atom is 0.175 e. The number of ketones is 1. The lowest BCUT2D eigenvalue weighted by Gasteiger charge is -2.30. The molecule has 104 valence electrons. The van der Waals surface area contributed by atoms with Crippen molar-refractivity contribution in [2.75, 3.05) is 6.54 Å². The second-order valence-corrected chi connectivity index (χ2v) is 6.07. The highest BCUT2D eigenvalue weighted by atomic mass is 16.1. The van der Waals surface area contributed by atoms with Gasteiger partial charge in [-0.25, -0.2) is 0 Å². The van der Waals surface area contributed by atoms with Crippen LogP contribution in [0.25, 0.3) is 0 Å². The average Bonchev–Trinajstić information content (AvgIpc) is 2.38. The summed E-state index contributed by atoms with van der Waals surface area (Å²) in [7, 11) is 0. The second kappa shape index (κ2) is 5.92. The molecule has 0 unspecified atom stereocenters. The molecule has 1 aromatic carbocycles. The molecule has 2 rings (SSSR count). The molecular weight excluding hydrogens is 248 g/mol. The number of hydrogen-bond donors (Lipinski definition) is 1. The molecule has 0 saturated heterocycles. The van der Waals surface area contributed by atoms with Crippen LogP contribution in [-0.2, 0) is 11.2 Å². The Morgan fingerprint density at radius 2 is 1.95 bits per heavy atom. The van der Waals surface area contributed by atoms with Crippen molar-refractivity contribution in [3.05, 3.63) is 47.2 Å². The van der Waals surface area contributed by atoms with E-state index in [1.54, 1.807) is 0 Å². The SMILES string of the molecule is CC1(C)CC(=O)C(C#N)=C(NCCc2ccccc2)C1. The van der Waals surface area contributed by atoms with Crippen LogP contribution in [0.1, 0.15) is 32.3 Å². The van der Waals surface area contributed by atoms with Crippen molar-refractivity contribution in [2.45, 2.75) is 33.1 Å². The number of nitrogens with zero attached hydrogens (tertiary/aromatic N) is 1. The van der Waals surface area contributed by atoms with Crippen LogP contribution in [0.2, 0.25) is 0 Å². The molecule has 0 radical (unpaired) electrons. The van der Waals surface area contributed by atoms with E-state index in [2.05, 4.69) is 37.4 Å². The first-order valence-corrected chi connectivity index (χ1v) is 6.96. The van der Waals surface area contributed by atoms with Crippen LogP contribution in [0.4, 0.5) is 0 Å². The monoisotopic (exact) mass is 268 g/mol. The lowest BCUT2D eigenvalue weighted by atomic mass is 9.76. The van der Waals surface area contributed by atoms with E-state index in [-0.39, 0.29) is 11.2 Å². The Morgan fingerprint density at radius 3 is 2.60 bits per heavy atom. The molecule has 3 nitrogen and oxygen atoms in total. The molecule has 1 aliphatic carbocycles. The van der Waals surface area contributed by atoms with Gasteiger partial charge in [-0.2, -0.15) is 5.26 Å². The summed E-state index contributed by atoms with van der Waals surface area (Å²) in [5, 5.41) is 12.4. The molecule has 0 atom stereocenters. The lowest BCUT2D eigenvalue weighted by molar-refractivity contribution is -0.117. The number of Topliss-reactive ketones (excluding diaryl/α,β-unsaturated/α-hetero) is 1. The van der Waals surface area contributed by atoms with Crippen molar-refractivity contribution < 1.29 is 4.79 Å². The summed E-state index contributed by atoms with van der Waals surface area (Å²) in [6, 6.07) is 12.2. The maximum absolute atomic E-state index is 12.0. The molecule has 0 amide bonds. The minimum absolute atomic E-state index is 0.0361. The van der Waals surface area contributed by atoms with E-state index in [9.17, 15) is 4.79 Å². The van der Waals surface area contributed by atoms with Gasteiger partial charge in [-0.15, -0.1) is 0 Å². The third-order valence-electron chi connectivity index (χ3n) is 3.58. The minimum atomic E-state index is -0.0630. The van der Waals surface area contributed by atoms with Crippen molar-refractivity contribution in [3.63, 3.8) is 0 Å². The minimum Gasteiger partial charge on any atom is -0.387 e. The summed E-state index contributed by atoms with van der Waals surface area (Å²) >= 11 is 0. The van der Waals surface area contributed by atoms with Crippen molar-refractivity contribution in [1.82, 2.24) is 5.32 Å². The highest BCUT2D eigenvalue weighted by Crippen LogP contribution is 2.35. The van der Waals surface area contributed by atoms with Crippen molar-refractivity contribution in [1.29, 1.82) is 5.26 Å². The number of hydrogen-bond acceptors (Lipinski definition) is 3. The standard InChI is InChI=1S/C17H20N2O/c1-17(2)10-15(14(12-18)16(20)11-17)19-9-8-13-6-4-3-5-7-13/h3-7,19H,8-11H2,1-2H3. The summed E-state index contributed by atoms with van der Waals surface area (Å²) in [5.41, 5.74) is 2.31. The number of carbonyl (C=O) groups is 1. The van der Waals surface area contributed by atoms with E-state index in [0.717, 1.165) is 25.1 Å². The average molecular weight is 268 g/mol. The van der Waals surface area contributed by atoms with E-state index >= 15 is 0 Å². The highest BCUT2D eigenvalue weighted by molar-refractivity contribution is 6.01. The number of nitrogens with one attached hydrogen (secondary N) is 1. The normalized spacial score (nSPS) is 17.8. The fourth-order valence-electron chi connectivity index (χ4n) is 2.60. The molecule has 0 heterocycles. The largest absolute Gasteiger partial charge is 0.387 e. The number of rotatable bonds is 4. The molecule has 20 heavy (non-hydrogen) atoms. The Bertz CT molecular complexity index is 564. The lowest BCUT2D eigenvalue weighted by Crippen LogP contribution is -2.31. The second-order valence-electron chi connectivity index (χ2n) is 6.07. The zero-order chi connectivity index (χ0) is 14.6. The third-order valence-corrected chi connectivity index (χ3v) is 3.58. The van der Waals surface area contributed by atoms with E-state index in [0.29, 0.717) is 12.0 Å². The number of carbonyl (C=O) groups excluding carboxylic acids is 1. The predicted molar refractivity (Wildman–Crippen MR) is 78.8 cm³/mol. The molecule has 1 aromatic rings. The fourth-order valence-corrected chi connectivity index (χ4v) is 2.60. The van der Waals surface area contributed by atoms with E-state index in [1.807, 2.05) is 18.2 Å². The smallest absolute Gasteiger partial charge is 0.175 e. The zero-order valence-corrected chi connectivity index (χ0v) is 12.1. The van der Waals surface area contributed by atoms with Gasteiger partial charge in [0.15, 0.2) is 5.78 Å². The van der Waals surface area contributed by atoms with Crippen molar-refractivity contribution >= 4 is 5.78 Å². The van der Waals surface area contributed by atoms with Gasteiger partial charge in [-0.05, 0) is 23.8 Å². The maximum atomic E-state index is 12.0. The van der Waals surface area contributed by atoms with Crippen molar-refractivity contribution in [3.8, 4) is 6.07 Å². The van der Waals surface area contributed by atoms with Gasteiger partial charge in [0, 0.05) is 18.7 Å². The first-order chi connectivity index (χ1) is 9.52. The van der Waals surface area contributed by atoms with Gasteiger partial charge in [0.1, 0.15) is 11.6 Å². The van der Waals surface area contributed by atoms with Crippen LogP contribution in [0.5, 0.6) is 0 Å². The first-order valence-electron chi connectivity index (χ1n) is 6.96. The number of nitriles is 1. The van der Waals surface area contributed by atoms with Crippen LogP contribution in [0.15, 0.2) is 41.6 Å². The summed E-state index contributed by atoms with van der Waals surface area (Å²) in [6.45, 7) is 4.88. The summed E-state index contributed by atoms with van der Waals surface area (Å²) < 4.78 is 0. The topological polar surface area (TPSA) is 52.9 Å². The fraction of sp³-hybridized carbons (Fsp3) is 0.412. The molecule has 1 aliphatic rings. The Balaban J connectivity index is 2.03. The third kappa shape index (κ3) is 3.48. The van der Waals surface area contributed by atoms with Crippen LogP contribution in [0, 0.1) is 16.7 Å². The zero-order valence-electron chi connectivity index (χ0n) is 12.1. The Labute approximate surface area is 120 Å². The van der Waals surface area contributed by atoms with Crippen LogP contribution in [0.3, 0.4) is 0 Å². The molecule has 0 aromatic heterocycles. The molecule has 1 N–H and O–H groups in total. The van der Waals surface area contributed by atoms with E-state index in [4.69, 9.17) is 5.26 Å². The summed E-state index contributed by atoms with van der Waals surface area (Å²) in [4.78, 5) is 12.0. The Kier molecular flexibility index (Phi) is 4.24. The van der Waals surface area contributed by atoms with Gasteiger partial charge in [-0.1, -0.05) is 44.2 Å². The van der Waals surface area contributed by atoms with Crippen LogP contribution < -0.4 is 5.32 Å². The molecule has 0 fully saturated rings. The molecule has 0 bridgehead atoms. The van der Waals surface area contributed by atoms with Gasteiger partial charge in [-0.3, -0.25) is 4.79 Å². The molecule has 0 aliphatic heterocycles. The summed E-state index contributed by atoms with van der Waals surface area (Å²) in [6.07, 6.45) is 2.11. The highest BCUT2D eigenvalue weighted by Gasteiger charge is 2.32. The van der Waals surface area contributed by atoms with E-state index in [1.165, 1.54) is 5.56 Å². The Morgan fingerprint density at radius 1 is 1.25 bits per heavy atom. The van der Waals surface area contributed by atoms with Gasteiger partial charge >= 0.3 is 0 Å². The number of allylic oxidation sites excluding steroid dienone is 2. The van der Waals surface area contributed by atoms with Crippen molar-refractivity contribution in [2.24, 2.45) is 5.41 Å². The van der Waals surface area contributed by atoms with Gasteiger partial charge in [0.25, 0.3) is 0 Å². The van der Waals surface area contributed by atoms with E-state index < -0.39 is 0 Å².